The van der Waals surface area contributed by atoms with Crippen LogP contribution in [-0.4, -0.2) is 11.5 Å². The largest absolute Gasteiger partial charge is 0.330 e. The normalized spacial score (nSPS) is 17.5. The fourth-order valence-corrected chi connectivity index (χ4v) is 1.75. The summed E-state index contributed by atoms with van der Waals surface area (Å²) in [5, 5.41) is 10.4. The lowest BCUT2D eigenvalue weighted by Crippen LogP contribution is -2.19. The van der Waals surface area contributed by atoms with Crippen molar-refractivity contribution >= 4 is 5.69 Å². The van der Waals surface area contributed by atoms with Crippen LogP contribution in [0.4, 0.5) is 10.1 Å². The summed E-state index contributed by atoms with van der Waals surface area (Å²) in [6.07, 6.45) is 1.86. The van der Waals surface area contributed by atoms with Gasteiger partial charge in [-0.2, -0.15) is 4.39 Å². The zero-order chi connectivity index (χ0) is 11.1. The van der Waals surface area contributed by atoms with Gasteiger partial charge in [0.25, 0.3) is 0 Å². The number of rotatable bonds is 3. The molecule has 0 aliphatic heterocycles. The van der Waals surface area contributed by atoms with Crippen molar-refractivity contribution in [3.63, 3.8) is 0 Å². The molecule has 0 spiro atoms. The van der Waals surface area contributed by atoms with E-state index in [9.17, 15) is 14.5 Å². The van der Waals surface area contributed by atoms with Crippen LogP contribution in [0.3, 0.4) is 0 Å². The van der Waals surface area contributed by atoms with E-state index in [-0.39, 0.29) is 5.41 Å². The third kappa shape index (κ3) is 1.59. The standard InChI is InChI=1S/C10H11FN2O2/c11-8-5-7(10(6-12)3-4-10)1-2-9(8)13(14)15/h1-2,5H,3-4,6,12H2. The van der Waals surface area contributed by atoms with Crippen molar-refractivity contribution in [1.29, 1.82) is 0 Å². The minimum absolute atomic E-state index is 0.129. The van der Waals surface area contributed by atoms with Gasteiger partial charge in [0.05, 0.1) is 4.92 Å². The van der Waals surface area contributed by atoms with Crippen molar-refractivity contribution in [2.75, 3.05) is 6.54 Å². The summed E-state index contributed by atoms with van der Waals surface area (Å²) in [5.74, 6) is -0.780. The number of hydrogen-bond donors (Lipinski definition) is 1. The first-order chi connectivity index (χ1) is 7.09. The van der Waals surface area contributed by atoms with Gasteiger partial charge < -0.3 is 5.73 Å². The number of halogens is 1. The van der Waals surface area contributed by atoms with Crippen molar-refractivity contribution in [2.45, 2.75) is 18.3 Å². The Labute approximate surface area is 86.0 Å². The monoisotopic (exact) mass is 210 g/mol. The molecule has 0 aromatic heterocycles. The van der Waals surface area contributed by atoms with Gasteiger partial charge >= 0.3 is 5.69 Å². The average molecular weight is 210 g/mol. The first-order valence-electron chi connectivity index (χ1n) is 4.73. The zero-order valence-corrected chi connectivity index (χ0v) is 8.07. The van der Waals surface area contributed by atoms with Gasteiger partial charge in [0.1, 0.15) is 0 Å². The predicted molar refractivity (Wildman–Crippen MR) is 53.0 cm³/mol. The molecule has 0 heterocycles. The molecule has 1 aliphatic rings. The molecule has 1 saturated carbocycles. The molecule has 2 rings (SSSR count). The Morgan fingerprint density at radius 3 is 2.60 bits per heavy atom. The van der Waals surface area contributed by atoms with Crippen LogP contribution >= 0.6 is 0 Å². The van der Waals surface area contributed by atoms with E-state index in [1.54, 1.807) is 6.07 Å². The second-order valence-corrected chi connectivity index (χ2v) is 3.91. The number of nitrogens with two attached hydrogens (primary N) is 1. The molecule has 4 nitrogen and oxygen atoms in total. The molecule has 2 N–H and O–H groups in total. The zero-order valence-electron chi connectivity index (χ0n) is 8.07. The minimum atomic E-state index is -0.780. The third-order valence-corrected chi connectivity index (χ3v) is 3.00. The van der Waals surface area contributed by atoms with Crippen molar-refractivity contribution < 1.29 is 9.31 Å². The van der Waals surface area contributed by atoms with E-state index in [1.807, 2.05) is 0 Å². The summed E-state index contributed by atoms with van der Waals surface area (Å²) in [7, 11) is 0. The number of hydrogen-bond acceptors (Lipinski definition) is 3. The maximum atomic E-state index is 13.3. The van der Waals surface area contributed by atoms with E-state index in [2.05, 4.69) is 0 Å². The predicted octanol–water partition coefficient (Wildman–Crippen LogP) is 1.72. The van der Waals surface area contributed by atoms with E-state index in [4.69, 9.17) is 5.73 Å². The Bertz CT molecular complexity index is 416. The Morgan fingerprint density at radius 2 is 2.20 bits per heavy atom. The highest BCUT2D eigenvalue weighted by atomic mass is 19.1. The van der Waals surface area contributed by atoms with Crippen molar-refractivity contribution in [3.05, 3.63) is 39.7 Å². The van der Waals surface area contributed by atoms with Gasteiger partial charge in [0.15, 0.2) is 0 Å². The quantitative estimate of drug-likeness (QED) is 0.610. The number of nitro groups is 1. The Balaban J connectivity index is 2.38. The fourth-order valence-electron chi connectivity index (χ4n) is 1.75. The summed E-state index contributed by atoms with van der Waals surface area (Å²) in [6, 6.07) is 4.04. The molecule has 1 fully saturated rings. The summed E-state index contributed by atoms with van der Waals surface area (Å²) in [6.45, 7) is 0.463. The SMILES string of the molecule is NCC1(c2ccc([N+](=O)[O-])c(F)c2)CC1. The second-order valence-electron chi connectivity index (χ2n) is 3.91. The minimum Gasteiger partial charge on any atom is -0.330 e. The third-order valence-electron chi connectivity index (χ3n) is 3.00. The van der Waals surface area contributed by atoms with Gasteiger partial charge in [0.2, 0.25) is 5.82 Å². The molecule has 1 aromatic rings. The van der Waals surface area contributed by atoms with Crippen LogP contribution in [0.15, 0.2) is 18.2 Å². The van der Waals surface area contributed by atoms with E-state index >= 15 is 0 Å². The highest BCUT2D eigenvalue weighted by molar-refractivity contribution is 5.40. The number of nitro benzene ring substituents is 1. The van der Waals surface area contributed by atoms with Crippen molar-refractivity contribution in [3.8, 4) is 0 Å². The first-order valence-corrected chi connectivity index (χ1v) is 4.73. The van der Waals surface area contributed by atoms with Crippen molar-refractivity contribution in [2.24, 2.45) is 5.73 Å². The van der Waals surface area contributed by atoms with Crippen LogP contribution in [0.2, 0.25) is 0 Å². The molecule has 1 aliphatic carbocycles. The van der Waals surface area contributed by atoms with Crippen LogP contribution in [-0.2, 0) is 5.41 Å². The smallest absolute Gasteiger partial charge is 0.304 e. The summed E-state index contributed by atoms with van der Waals surface area (Å²) < 4.78 is 13.3. The topological polar surface area (TPSA) is 69.2 Å². The lowest BCUT2D eigenvalue weighted by Gasteiger charge is -2.12. The van der Waals surface area contributed by atoms with Gasteiger partial charge in [0, 0.05) is 18.0 Å². The van der Waals surface area contributed by atoms with E-state index in [1.165, 1.54) is 12.1 Å². The molecular formula is C10H11FN2O2. The maximum absolute atomic E-state index is 13.3. The molecule has 0 atom stereocenters. The highest BCUT2D eigenvalue weighted by Gasteiger charge is 2.43. The summed E-state index contributed by atoms with van der Waals surface area (Å²) in [5.41, 5.74) is 5.75. The Hall–Kier alpha value is -1.49. The number of benzene rings is 1. The first kappa shape index (κ1) is 10.0. The van der Waals surface area contributed by atoms with Gasteiger partial charge in [-0.05, 0) is 24.5 Å². The van der Waals surface area contributed by atoms with Crippen LogP contribution in [0.5, 0.6) is 0 Å². The number of nitrogens with zero attached hydrogens (tertiary/aromatic N) is 1. The van der Waals surface area contributed by atoms with Gasteiger partial charge in [-0.3, -0.25) is 10.1 Å². The van der Waals surface area contributed by atoms with E-state index in [0.29, 0.717) is 6.54 Å². The Kier molecular flexibility index (Phi) is 2.19. The molecule has 0 bridgehead atoms. The lowest BCUT2D eigenvalue weighted by atomic mass is 9.96. The summed E-state index contributed by atoms with van der Waals surface area (Å²) in [4.78, 5) is 9.69. The van der Waals surface area contributed by atoms with Gasteiger partial charge in [-0.1, -0.05) is 6.07 Å². The molecule has 0 radical (unpaired) electrons. The fraction of sp³-hybridized carbons (Fsp3) is 0.400. The molecule has 80 valence electrons. The van der Waals surface area contributed by atoms with Crippen LogP contribution < -0.4 is 5.73 Å². The second kappa shape index (κ2) is 3.27. The van der Waals surface area contributed by atoms with Crippen LogP contribution in [0, 0.1) is 15.9 Å². The van der Waals surface area contributed by atoms with Crippen molar-refractivity contribution in [1.82, 2.24) is 0 Å². The van der Waals surface area contributed by atoms with Gasteiger partial charge in [-0.25, -0.2) is 0 Å². The Morgan fingerprint density at radius 1 is 1.53 bits per heavy atom. The summed E-state index contributed by atoms with van der Waals surface area (Å²) >= 11 is 0. The average Bonchev–Trinajstić information content (AvgIpc) is 2.97. The molecule has 0 amide bonds. The van der Waals surface area contributed by atoms with Crippen LogP contribution in [0.25, 0.3) is 0 Å². The lowest BCUT2D eigenvalue weighted by molar-refractivity contribution is -0.387. The van der Waals surface area contributed by atoms with E-state index in [0.717, 1.165) is 18.4 Å². The van der Waals surface area contributed by atoms with Crippen LogP contribution in [0.1, 0.15) is 18.4 Å². The molecule has 15 heavy (non-hydrogen) atoms. The molecule has 5 heteroatoms. The van der Waals surface area contributed by atoms with Gasteiger partial charge in [-0.15, -0.1) is 0 Å². The molecular weight excluding hydrogens is 199 g/mol. The molecule has 0 saturated heterocycles. The highest BCUT2D eigenvalue weighted by Crippen LogP contribution is 2.47. The maximum Gasteiger partial charge on any atom is 0.304 e. The molecule has 0 unspecified atom stereocenters. The molecule has 1 aromatic carbocycles. The van der Waals surface area contributed by atoms with E-state index < -0.39 is 16.4 Å².